The van der Waals surface area contributed by atoms with Crippen LogP contribution < -0.4 is 14.8 Å². The number of halogens is 3. The molecule has 0 spiro atoms. The van der Waals surface area contributed by atoms with Crippen molar-refractivity contribution in [3.05, 3.63) is 23.8 Å². The van der Waals surface area contributed by atoms with Gasteiger partial charge in [0.05, 0.1) is 6.42 Å². The summed E-state index contributed by atoms with van der Waals surface area (Å²) in [7, 11) is 0. The second kappa shape index (κ2) is 4.83. The van der Waals surface area contributed by atoms with Crippen molar-refractivity contribution < 1.29 is 22.6 Å². The van der Waals surface area contributed by atoms with E-state index in [-0.39, 0.29) is 13.3 Å². The van der Waals surface area contributed by atoms with Gasteiger partial charge in [-0.2, -0.15) is 13.2 Å². The van der Waals surface area contributed by atoms with E-state index in [4.69, 9.17) is 9.47 Å². The smallest absolute Gasteiger partial charge is 0.390 e. The van der Waals surface area contributed by atoms with Crippen molar-refractivity contribution in [1.82, 2.24) is 5.32 Å². The average Bonchev–Trinajstić information content (AvgIpc) is 2.71. The molecule has 0 radical (unpaired) electrons. The molecule has 1 aromatic carbocycles. The third-order valence-electron chi connectivity index (χ3n) is 2.38. The van der Waals surface area contributed by atoms with Crippen LogP contribution in [0.1, 0.15) is 12.0 Å². The molecule has 1 aliphatic heterocycles. The standard InChI is InChI=1S/C11H12F3NO2/c12-11(13,14)4-5-15-6-8-2-1-3-9-10(8)17-7-16-9/h1-3,15H,4-7H2. The molecule has 0 aliphatic carbocycles. The average molecular weight is 247 g/mol. The lowest BCUT2D eigenvalue weighted by Gasteiger charge is -2.09. The highest BCUT2D eigenvalue weighted by Crippen LogP contribution is 2.35. The molecule has 0 saturated carbocycles. The second-order valence-corrected chi connectivity index (χ2v) is 3.69. The highest BCUT2D eigenvalue weighted by molar-refractivity contribution is 5.48. The third kappa shape index (κ3) is 3.26. The van der Waals surface area contributed by atoms with Gasteiger partial charge in [0.25, 0.3) is 0 Å². The van der Waals surface area contributed by atoms with E-state index in [0.717, 1.165) is 5.56 Å². The summed E-state index contributed by atoms with van der Waals surface area (Å²) in [6, 6.07) is 5.35. The SMILES string of the molecule is FC(F)(F)CCNCc1cccc2c1OCO2. The number of benzene rings is 1. The molecule has 2 rings (SSSR count). The van der Waals surface area contributed by atoms with Gasteiger partial charge in [-0.05, 0) is 6.07 Å². The van der Waals surface area contributed by atoms with Gasteiger partial charge < -0.3 is 14.8 Å². The molecule has 0 atom stereocenters. The molecule has 1 heterocycles. The Morgan fingerprint density at radius 3 is 2.82 bits per heavy atom. The first-order valence-electron chi connectivity index (χ1n) is 5.21. The Morgan fingerprint density at radius 2 is 2.06 bits per heavy atom. The van der Waals surface area contributed by atoms with E-state index in [9.17, 15) is 13.2 Å². The van der Waals surface area contributed by atoms with Crippen molar-refractivity contribution in [2.75, 3.05) is 13.3 Å². The van der Waals surface area contributed by atoms with Crippen LogP contribution >= 0.6 is 0 Å². The Bertz CT molecular complexity index is 393. The zero-order valence-electron chi connectivity index (χ0n) is 9.01. The maximum atomic E-state index is 11.9. The Labute approximate surface area is 96.5 Å². The number of para-hydroxylation sites is 1. The minimum absolute atomic E-state index is 0.103. The Hall–Kier alpha value is -1.43. The van der Waals surface area contributed by atoms with E-state index in [2.05, 4.69) is 5.32 Å². The molecule has 0 bridgehead atoms. The van der Waals surface area contributed by atoms with Crippen molar-refractivity contribution in [3.63, 3.8) is 0 Å². The van der Waals surface area contributed by atoms with Crippen LogP contribution in [-0.2, 0) is 6.54 Å². The van der Waals surface area contributed by atoms with Crippen LogP contribution in [0.2, 0.25) is 0 Å². The zero-order chi connectivity index (χ0) is 12.3. The van der Waals surface area contributed by atoms with E-state index >= 15 is 0 Å². The summed E-state index contributed by atoms with van der Waals surface area (Å²) in [5.41, 5.74) is 0.808. The van der Waals surface area contributed by atoms with E-state index in [1.54, 1.807) is 18.2 Å². The number of ether oxygens (including phenoxy) is 2. The van der Waals surface area contributed by atoms with Gasteiger partial charge in [0.2, 0.25) is 6.79 Å². The molecule has 1 aliphatic rings. The number of fused-ring (bicyclic) bond motifs is 1. The maximum absolute atomic E-state index is 11.9. The zero-order valence-corrected chi connectivity index (χ0v) is 9.01. The fourth-order valence-electron chi connectivity index (χ4n) is 1.58. The largest absolute Gasteiger partial charge is 0.454 e. The third-order valence-corrected chi connectivity index (χ3v) is 2.38. The van der Waals surface area contributed by atoms with Crippen molar-refractivity contribution in [2.45, 2.75) is 19.1 Å². The molecule has 0 amide bonds. The summed E-state index contributed by atoms with van der Waals surface area (Å²) < 4.78 is 46.2. The van der Waals surface area contributed by atoms with Crippen LogP contribution in [0.3, 0.4) is 0 Å². The van der Waals surface area contributed by atoms with Gasteiger partial charge >= 0.3 is 6.18 Å². The van der Waals surface area contributed by atoms with Gasteiger partial charge in [0.15, 0.2) is 11.5 Å². The Morgan fingerprint density at radius 1 is 1.24 bits per heavy atom. The van der Waals surface area contributed by atoms with Crippen LogP contribution in [0.25, 0.3) is 0 Å². The van der Waals surface area contributed by atoms with Crippen molar-refractivity contribution in [2.24, 2.45) is 0 Å². The molecule has 0 aromatic heterocycles. The summed E-state index contributed by atoms with van der Waals surface area (Å²) in [6.45, 7) is 0.394. The molecule has 94 valence electrons. The van der Waals surface area contributed by atoms with Crippen LogP contribution in [-0.4, -0.2) is 19.5 Å². The lowest BCUT2D eigenvalue weighted by Crippen LogP contribution is -2.21. The maximum Gasteiger partial charge on any atom is 0.390 e. The number of nitrogens with one attached hydrogen (secondary N) is 1. The lowest BCUT2D eigenvalue weighted by molar-refractivity contribution is -0.133. The minimum atomic E-state index is -4.12. The topological polar surface area (TPSA) is 30.5 Å². The molecule has 1 aromatic rings. The van der Waals surface area contributed by atoms with Gasteiger partial charge in [-0.3, -0.25) is 0 Å². The number of hydrogen-bond acceptors (Lipinski definition) is 3. The first kappa shape index (κ1) is 12.0. The summed E-state index contributed by atoms with van der Waals surface area (Å²) in [6.07, 6.45) is -4.95. The molecule has 3 nitrogen and oxygen atoms in total. The fraction of sp³-hybridized carbons (Fsp3) is 0.455. The summed E-state index contributed by atoms with van der Waals surface area (Å²) >= 11 is 0. The molecule has 0 fully saturated rings. The summed E-state index contributed by atoms with van der Waals surface area (Å²) in [4.78, 5) is 0. The second-order valence-electron chi connectivity index (χ2n) is 3.69. The van der Waals surface area contributed by atoms with Crippen molar-refractivity contribution in [3.8, 4) is 11.5 Å². The molecular formula is C11H12F3NO2. The first-order chi connectivity index (χ1) is 8.06. The molecular weight excluding hydrogens is 235 g/mol. The molecule has 17 heavy (non-hydrogen) atoms. The van der Waals surface area contributed by atoms with Gasteiger partial charge in [-0.25, -0.2) is 0 Å². The molecule has 0 unspecified atom stereocenters. The van der Waals surface area contributed by atoms with Gasteiger partial charge in [-0.15, -0.1) is 0 Å². The number of alkyl halides is 3. The summed E-state index contributed by atoms with van der Waals surface area (Å²) in [5.74, 6) is 1.26. The monoisotopic (exact) mass is 247 g/mol. The van der Waals surface area contributed by atoms with Crippen LogP contribution in [0.15, 0.2) is 18.2 Å². The Kier molecular flexibility index (Phi) is 3.42. The van der Waals surface area contributed by atoms with E-state index in [0.29, 0.717) is 18.0 Å². The van der Waals surface area contributed by atoms with Crippen LogP contribution in [0, 0.1) is 0 Å². The highest BCUT2D eigenvalue weighted by atomic mass is 19.4. The minimum Gasteiger partial charge on any atom is -0.454 e. The predicted molar refractivity (Wildman–Crippen MR) is 54.9 cm³/mol. The van der Waals surface area contributed by atoms with E-state index in [1.807, 2.05) is 0 Å². The van der Waals surface area contributed by atoms with Gasteiger partial charge in [0.1, 0.15) is 0 Å². The fourth-order valence-corrected chi connectivity index (χ4v) is 1.58. The van der Waals surface area contributed by atoms with Gasteiger partial charge in [0, 0.05) is 18.7 Å². The molecule has 6 heteroatoms. The van der Waals surface area contributed by atoms with E-state index < -0.39 is 12.6 Å². The number of rotatable bonds is 4. The molecule has 1 N–H and O–H groups in total. The lowest BCUT2D eigenvalue weighted by atomic mass is 10.2. The van der Waals surface area contributed by atoms with Crippen molar-refractivity contribution in [1.29, 1.82) is 0 Å². The summed E-state index contributed by atoms with van der Waals surface area (Å²) in [5, 5.41) is 2.73. The first-order valence-corrected chi connectivity index (χ1v) is 5.21. The molecule has 0 saturated heterocycles. The van der Waals surface area contributed by atoms with Crippen molar-refractivity contribution >= 4 is 0 Å². The Balaban J connectivity index is 1.86. The van der Waals surface area contributed by atoms with Crippen LogP contribution in [0.5, 0.6) is 11.5 Å². The highest BCUT2D eigenvalue weighted by Gasteiger charge is 2.26. The normalized spacial score (nSPS) is 14.1. The predicted octanol–water partition coefficient (Wildman–Crippen LogP) is 2.46. The number of hydrogen-bond donors (Lipinski definition) is 1. The van der Waals surface area contributed by atoms with Gasteiger partial charge in [-0.1, -0.05) is 12.1 Å². The van der Waals surface area contributed by atoms with E-state index in [1.165, 1.54) is 0 Å². The van der Waals surface area contributed by atoms with Crippen LogP contribution in [0.4, 0.5) is 13.2 Å². The quantitative estimate of drug-likeness (QED) is 0.829.